The van der Waals surface area contributed by atoms with E-state index in [0.717, 1.165) is 47.5 Å². The number of aromatic amines is 1. The molecule has 2 aromatic carbocycles. The molecule has 0 spiro atoms. The van der Waals surface area contributed by atoms with Gasteiger partial charge in [-0.15, -0.1) is 0 Å². The summed E-state index contributed by atoms with van der Waals surface area (Å²) >= 11 is 0. The van der Waals surface area contributed by atoms with Crippen molar-refractivity contribution in [3.8, 4) is 0 Å². The molecule has 1 aliphatic heterocycles. The summed E-state index contributed by atoms with van der Waals surface area (Å²) in [4.78, 5) is 27.5. The first-order chi connectivity index (χ1) is 15.7. The molecule has 1 amide bonds. The van der Waals surface area contributed by atoms with Crippen LogP contribution in [0.5, 0.6) is 0 Å². The Morgan fingerprint density at radius 1 is 1.06 bits per heavy atom. The zero-order chi connectivity index (χ0) is 22.0. The fraction of sp³-hybridized carbons (Fsp3) is 0.240. The normalized spacial score (nSPS) is 18.2. The minimum absolute atomic E-state index is 0.0553. The van der Waals surface area contributed by atoms with Crippen LogP contribution in [0.1, 0.15) is 18.4 Å². The van der Waals surface area contributed by atoms with Crippen LogP contribution in [0.15, 0.2) is 79.3 Å². The maximum Gasteiger partial charge on any atom is 0.248 e. The number of para-hydroxylation sites is 1. The van der Waals surface area contributed by atoms with Gasteiger partial charge < -0.3 is 20.9 Å². The highest BCUT2D eigenvalue weighted by molar-refractivity contribution is 5.90. The van der Waals surface area contributed by atoms with Crippen molar-refractivity contribution in [1.29, 1.82) is 0 Å². The number of hydrogen-bond acceptors (Lipinski definition) is 5. The molecule has 1 fully saturated rings. The molecule has 3 heterocycles. The minimum Gasteiger partial charge on any atom is -0.367 e. The Balaban J connectivity index is 1.57. The average Bonchev–Trinajstić information content (AvgIpc) is 3.33. The van der Waals surface area contributed by atoms with Crippen LogP contribution in [-0.2, 0) is 10.3 Å². The Morgan fingerprint density at radius 2 is 1.81 bits per heavy atom. The molecule has 1 unspecified atom stereocenters. The molecule has 0 saturated carbocycles. The van der Waals surface area contributed by atoms with E-state index in [1.165, 1.54) is 0 Å². The average molecular weight is 427 g/mol. The van der Waals surface area contributed by atoms with Crippen LogP contribution < -0.4 is 16.0 Å². The summed E-state index contributed by atoms with van der Waals surface area (Å²) in [6, 6.07) is 21.6. The van der Waals surface area contributed by atoms with E-state index in [9.17, 15) is 4.79 Å². The molecular weight excluding hydrogens is 400 g/mol. The van der Waals surface area contributed by atoms with E-state index in [1.54, 1.807) is 6.33 Å². The molecule has 2 aromatic heterocycles. The van der Waals surface area contributed by atoms with Crippen LogP contribution in [0.4, 0.5) is 11.5 Å². The number of hydrogen-bond donors (Lipinski definition) is 3. The van der Waals surface area contributed by atoms with Crippen molar-refractivity contribution in [2.75, 3.05) is 23.3 Å². The van der Waals surface area contributed by atoms with Gasteiger partial charge in [-0.2, -0.15) is 0 Å². The number of nitrogens with two attached hydrogens (primary N) is 1. The first kappa shape index (κ1) is 20.1. The van der Waals surface area contributed by atoms with Crippen molar-refractivity contribution in [2.45, 2.75) is 18.4 Å². The van der Waals surface area contributed by atoms with Crippen molar-refractivity contribution in [3.63, 3.8) is 0 Å². The smallest absolute Gasteiger partial charge is 0.248 e. The molecule has 162 valence electrons. The number of benzene rings is 2. The molecule has 4 N–H and O–H groups in total. The number of carbonyl (C=O) groups excluding carboxylic acids is 1. The summed E-state index contributed by atoms with van der Waals surface area (Å²) in [7, 11) is 0. The molecule has 4 aromatic rings. The maximum atomic E-state index is 13.3. The zero-order valence-corrected chi connectivity index (χ0v) is 17.7. The molecule has 0 aliphatic carbocycles. The third-order valence-electron chi connectivity index (χ3n) is 6.40. The number of rotatable bonds is 6. The summed E-state index contributed by atoms with van der Waals surface area (Å²) in [5.41, 5.74) is 7.69. The van der Waals surface area contributed by atoms with Gasteiger partial charge in [0, 0.05) is 30.9 Å². The van der Waals surface area contributed by atoms with Gasteiger partial charge in [0.25, 0.3) is 0 Å². The van der Waals surface area contributed by atoms with Gasteiger partial charge in [-0.05, 0) is 36.6 Å². The van der Waals surface area contributed by atoms with Crippen LogP contribution in [0.2, 0.25) is 0 Å². The number of nitrogens with zero attached hydrogens (tertiary/aromatic N) is 3. The van der Waals surface area contributed by atoms with E-state index in [4.69, 9.17) is 5.73 Å². The number of anilines is 2. The largest absolute Gasteiger partial charge is 0.367 e. The van der Waals surface area contributed by atoms with E-state index < -0.39 is 5.54 Å². The predicted molar refractivity (Wildman–Crippen MR) is 126 cm³/mol. The van der Waals surface area contributed by atoms with Crippen LogP contribution in [0.25, 0.3) is 11.0 Å². The highest BCUT2D eigenvalue weighted by Gasteiger charge is 2.47. The topological polar surface area (TPSA) is 99.9 Å². The fourth-order valence-electron chi connectivity index (χ4n) is 4.90. The number of primary amides is 1. The Kier molecular flexibility index (Phi) is 5.23. The Morgan fingerprint density at radius 3 is 2.56 bits per heavy atom. The van der Waals surface area contributed by atoms with Gasteiger partial charge in [0.1, 0.15) is 23.3 Å². The summed E-state index contributed by atoms with van der Waals surface area (Å²) in [5, 5.41) is 4.52. The van der Waals surface area contributed by atoms with Gasteiger partial charge in [0.15, 0.2) is 0 Å². The highest BCUT2D eigenvalue weighted by atomic mass is 16.1. The highest BCUT2D eigenvalue weighted by Crippen LogP contribution is 2.40. The van der Waals surface area contributed by atoms with E-state index in [1.807, 2.05) is 72.9 Å². The molecule has 7 heteroatoms. The SMILES string of the molecule is NC(=O)C(Nc1ccccc1)(c1ccccc1)[C@@H]1CCCN(c2ncnc3[nH]ccc23)C1. The fourth-order valence-corrected chi connectivity index (χ4v) is 4.90. The second-order valence-corrected chi connectivity index (χ2v) is 8.25. The predicted octanol–water partition coefficient (Wildman–Crippen LogP) is 3.67. The summed E-state index contributed by atoms with van der Waals surface area (Å²) in [6.45, 7) is 1.51. The Labute approximate surface area is 186 Å². The summed E-state index contributed by atoms with van der Waals surface area (Å²) in [5.74, 6) is 0.446. The third-order valence-corrected chi connectivity index (χ3v) is 6.40. The molecule has 2 atom stereocenters. The number of piperidine rings is 1. The zero-order valence-electron chi connectivity index (χ0n) is 17.7. The monoisotopic (exact) mass is 426 g/mol. The molecule has 32 heavy (non-hydrogen) atoms. The first-order valence-corrected chi connectivity index (χ1v) is 10.9. The van der Waals surface area contributed by atoms with E-state index >= 15 is 0 Å². The van der Waals surface area contributed by atoms with Gasteiger partial charge in [-0.1, -0.05) is 48.5 Å². The Bertz CT molecular complexity index is 1210. The van der Waals surface area contributed by atoms with Gasteiger partial charge in [0.05, 0.1) is 5.39 Å². The maximum absolute atomic E-state index is 13.3. The number of H-pyrrole nitrogens is 1. The number of fused-ring (bicyclic) bond motifs is 1. The van der Waals surface area contributed by atoms with Crippen molar-refractivity contribution < 1.29 is 4.79 Å². The van der Waals surface area contributed by atoms with Crippen molar-refractivity contribution in [3.05, 3.63) is 84.8 Å². The van der Waals surface area contributed by atoms with E-state index in [0.29, 0.717) is 6.54 Å². The molecule has 1 saturated heterocycles. The van der Waals surface area contributed by atoms with Gasteiger partial charge in [-0.25, -0.2) is 9.97 Å². The van der Waals surface area contributed by atoms with Gasteiger partial charge in [0.2, 0.25) is 5.91 Å². The lowest BCUT2D eigenvalue weighted by molar-refractivity contribution is -0.124. The second kappa shape index (κ2) is 8.34. The van der Waals surface area contributed by atoms with E-state index in [2.05, 4.69) is 25.2 Å². The lowest BCUT2D eigenvalue weighted by Crippen LogP contribution is -2.57. The van der Waals surface area contributed by atoms with Crippen LogP contribution in [-0.4, -0.2) is 33.9 Å². The summed E-state index contributed by atoms with van der Waals surface area (Å²) in [6.07, 6.45) is 5.26. The second-order valence-electron chi connectivity index (χ2n) is 8.25. The minimum atomic E-state index is -1.05. The van der Waals surface area contributed by atoms with Crippen molar-refractivity contribution in [2.24, 2.45) is 11.7 Å². The summed E-state index contributed by atoms with van der Waals surface area (Å²) < 4.78 is 0. The van der Waals surface area contributed by atoms with Gasteiger partial charge >= 0.3 is 0 Å². The quantitative estimate of drug-likeness (QED) is 0.437. The number of carbonyl (C=O) groups is 1. The standard InChI is InChI=1S/C25H26N6O/c26-24(32)25(18-8-3-1-4-9-18,30-20-11-5-2-6-12-20)19-10-7-15-31(16-19)23-21-13-14-27-22(21)28-17-29-23/h1-6,8-9,11-14,17,19,30H,7,10,15-16H2,(H2,26,32)(H,27,28,29)/t19-,25?/m1/s1. The first-order valence-electron chi connectivity index (χ1n) is 10.9. The molecular formula is C25H26N6O. The van der Waals surface area contributed by atoms with Crippen LogP contribution in [0, 0.1) is 5.92 Å². The van der Waals surface area contributed by atoms with Crippen LogP contribution >= 0.6 is 0 Å². The molecule has 1 aliphatic rings. The lowest BCUT2D eigenvalue weighted by atomic mass is 9.73. The lowest BCUT2D eigenvalue weighted by Gasteiger charge is -2.45. The number of nitrogens with one attached hydrogen (secondary N) is 2. The van der Waals surface area contributed by atoms with Crippen molar-refractivity contribution in [1.82, 2.24) is 15.0 Å². The Hall–Kier alpha value is -3.87. The van der Waals surface area contributed by atoms with Crippen LogP contribution in [0.3, 0.4) is 0 Å². The third kappa shape index (κ3) is 3.45. The molecule has 5 rings (SSSR count). The van der Waals surface area contributed by atoms with E-state index in [-0.39, 0.29) is 11.8 Å². The molecule has 7 nitrogen and oxygen atoms in total. The van der Waals surface area contributed by atoms with Gasteiger partial charge in [-0.3, -0.25) is 4.79 Å². The molecule has 0 bridgehead atoms. The number of amides is 1. The molecule has 0 radical (unpaired) electrons. The van der Waals surface area contributed by atoms with Crippen molar-refractivity contribution >= 4 is 28.4 Å². The number of aromatic nitrogens is 3.